The van der Waals surface area contributed by atoms with E-state index in [4.69, 9.17) is 0 Å². The van der Waals surface area contributed by atoms with Crippen molar-refractivity contribution in [1.29, 1.82) is 0 Å². The van der Waals surface area contributed by atoms with Crippen molar-refractivity contribution in [1.82, 2.24) is 15.4 Å². The van der Waals surface area contributed by atoms with Crippen molar-refractivity contribution >= 4 is 44.1 Å². The first-order valence-electron chi connectivity index (χ1n) is 6.01. The monoisotopic (exact) mass is 338 g/mol. The third-order valence-corrected chi connectivity index (χ3v) is 5.74. The van der Waals surface area contributed by atoms with Crippen LogP contribution in [0.5, 0.6) is 0 Å². The number of fused-ring (bicyclic) bond motifs is 1. The number of hydrogen-bond donors (Lipinski definition) is 2. The fraction of sp³-hybridized carbons (Fsp3) is 0.0833. The first-order valence-corrected chi connectivity index (χ1v) is 8.31. The Balaban J connectivity index is 1.89. The van der Waals surface area contributed by atoms with Crippen LogP contribution in [-0.2, 0) is 14.8 Å². The third-order valence-electron chi connectivity index (χ3n) is 2.80. The first-order chi connectivity index (χ1) is 10.5. The molecule has 0 aliphatic heterocycles. The highest BCUT2D eigenvalue weighted by molar-refractivity contribution is 7.94. The van der Waals surface area contributed by atoms with Crippen LogP contribution in [0.1, 0.15) is 9.67 Å². The standard InChI is InChI=1S/C12H10N4O4S2/c1-20-12(17)10-4-5-11(21-10)22(18,19)15-7-2-3-8-9(6-7)14-16-13-8/h2-6,15H,1H3,(H,13,14,16). The van der Waals surface area contributed by atoms with E-state index in [0.717, 1.165) is 11.3 Å². The van der Waals surface area contributed by atoms with Crippen LogP contribution in [0.15, 0.2) is 34.5 Å². The molecule has 10 heteroatoms. The summed E-state index contributed by atoms with van der Waals surface area (Å²) in [7, 11) is -2.55. The zero-order chi connectivity index (χ0) is 15.7. The van der Waals surface area contributed by atoms with Crippen LogP contribution in [0, 0.1) is 0 Å². The quantitative estimate of drug-likeness (QED) is 0.699. The zero-order valence-corrected chi connectivity index (χ0v) is 12.9. The molecule has 0 fully saturated rings. The summed E-state index contributed by atoms with van der Waals surface area (Å²) in [6, 6.07) is 7.55. The Hall–Kier alpha value is -2.46. The predicted molar refractivity (Wildman–Crippen MR) is 80.4 cm³/mol. The molecular weight excluding hydrogens is 328 g/mol. The number of anilines is 1. The molecule has 2 N–H and O–H groups in total. The molecule has 2 aromatic heterocycles. The summed E-state index contributed by atoms with van der Waals surface area (Å²) >= 11 is 0.838. The second-order valence-electron chi connectivity index (χ2n) is 4.24. The second kappa shape index (κ2) is 5.39. The number of aromatic amines is 1. The Morgan fingerprint density at radius 3 is 2.77 bits per heavy atom. The maximum Gasteiger partial charge on any atom is 0.348 e. The summed E-state index contributed by atoms with van der Waals surface area (Å²) in [5, 5.41) is 10.2. The molecule has 0 unspecified atom stereocenters. The molecule has 8 nitrogen and oxygen atoms in total. The molecule has 22 heavy (non-hydrogen) atoms. The molecule has 2 heterocycles. The Labute approximate surface area is 129 Å². The van der Waals surface area contributed by atoms with Gasteiger partial charge in [-0.2, -0.15) is 15.4 Å². The number of nitrogens with zero attached hydrogens (tertiary/aromatic N) is 2. The topological polar surface area (TPSA) is 114 Å². The second-order valence-corrected chi connectivity index (χ2v) is 7.24. The number of benzene rings is 1. The molecule has 1 aromatic carbocycles. The Morgan fingerprint density at radius 2 is 2.00 bits per heavy atom. The number of esters is 1. The van der Waals surface area contributed by atoms with Gasteiger partial charge in [0.2, 0.25) is 0 Å². The number of hydrogen-bond acceptors (Lipinski definition) is 7. The fourth-order valence-corrected chi connectivity index (χ4v) is 4.06. The normalized spacial score (nSPS) is 11.5. The van der Waals surface area contributed by atoms with Gasteiger partial charge in [-0.05, 0) is 30.3 Å². The summed E-state index contributed by atoms with van der Waals surface area (Å²) in [4.78, 5) is 11.6. The summed E-state index contributed by atoms with van der Waals surface area (Å²) < 4.78 is 31.6. The number of ether oxygens (including phenoxy) is 1. The van der Waals surface area contributed by atoms with E-state index in [9.17, 15) is 13.2 Å². The van der Waals surface area contributed by atoms with Gasteiger partial charge in [-0.15, -0.1) is 11.3 Å². The molecule has 0 aliphatic carbocycles. The molecule has 0 spiro atoms. The van der Waals surface area contributed by atoms with Gasteiger partial charge in [-0.25, -0.2) is 13.2 Å². The lowest BCUT2D eigenvalue weighted by Gasteiger charge is -2.05. The largest absolute Gasteiger partial charge is 0.465 e. The van der Waals surface area contributed by atoms with E-state index in [1.165, 1.54) is 19.2 Å². The van der Waals surface area contributed by atoms with Crippen molar-refractivity contribution in [2.75, 3.05) is 11.8 Å². The van der Waals surface area contributed by atoms with Crippen molar-refractivity contribution in [3.05, 3.63) is 35.2 Å². The van der Waals surface area contributed by atoms with Crippen molar-refractivity contribution < 1.29 is 17.9 Å². The Kier molecular flexibility index (Phi) is 3.54. The number of rotatable bonds is 4. The third kappa shape index (κ3) is 2.65. The summed E-state index contributed by atoms with van der Waals surface area (Å²) in [5.41, 5.74) is 1.53. The van der Waals surface area contributed by atoms with Gasteiger partial charge in [-0.1, -0.05) is 0 Å². The van der Waals surface area contributed by atoms with E-state index in [2.05, 4.69) is 24.9 Å². The molecule has 114 valence electrons. The lowest BCUT2D eigenvalue weighted by atomic mass is 10.3. The van der Waals surface area contributed by atoms with Crippen LogP contribution in [-0.4, -0.2) is 36.9 Å². The number of nitrogens with one attached hydrogen (secondary N) is 2. The number of H-pyrrole nitrogens is 1. The molecule has 0 saturated heterocycles. The number of aromatic nitrogens is 3. The van der Waals surface area contributed by atoms with Crippen LogP contribution >= 0.6 is 11.3 Å². The van der Waals surface area contributed by atoms with Gasteiger partial charge in [-0.3, -0.25) is 4.72 Å². The van der Waals surface area contributed by atoms with Gasteiger partial charge in [0.15, 0.2) is 0 Å². The molecule has 0 atom stereocenters. The minimum Gasteiger partial charge on any atom is -0.465 e. The van der Waals surface area contributed by atoms with Crippen molar-refractivity contribution in [2.45, 2.75) is 4.21 Å². The van der Waals surface area contributed by atoms with E-state index in [1.807, 2.05) is 0 Å². The lowest BCUT2D eigenvalue weighted by Crippen LogP contribution is -2.11. The number of methoxy groups -OCH3 is 1. The maximum absolute atomic E-state index is 12.3. The molecule has 0 bridgehead atoms. The number of carbonyl (C=O) groups excluding carboxylic acids is 1. The highest BCUT2D eigenvalue weighted by Gasteiger charge is 2.20. The molecule has 3 rings (SSSR count). The first kappa shape index (κ1) is 14.5. The SMILES string of the molecule is COC(=O)c1ccc(S(=O)(=O)Nc2ccc3n[nH]nc3c2)s1. The summed E-state index contributed by atoms with van der Waals surface area (Å²) in [6.45, 7) is 0. The highest BCUT2D eigenvalue weighted by atomic mass is 32.2. The van der Waals surface area contributed by atoms with Crippen LogP contribution in [0.25, 0.3) is 11.0 Å². The maximum atomic E-state index is 12.3. The smallest absolute Gasteiger partial charge is 0.348 e. The summed E-state index contributed by atoms with van der Waals surface area (Å²) in [5.74, 6) is -0.574. The van der Waals surface area contributed by atoms with Crippen LogP contribution in [0.3, 0.4) is 0 Å². The molecular formula is C12H10N4O4S2. The van der Waals surface area contributed by atoms with Gasteiger partial charge in [0.05, 0.1) is 12.8 Å². The van der Waals surface area contributed by atoms with E-state index in [-0.39, 0.29) is 9.09 Å². The zero-order valence-electron chi connectivity index (χ0n) is 11.2. The molecule has 3 aromatic rings. The number of carbonyl (C=O) groups is 1. The van der Waals surface area contributed by atoms with Crippen molar-refractivity contribution in [3.63, 3.8) is 0 Å². The van der Waals surface area contributed by atoms with Gasteiger partial charge >= 0.3 is 5.97 Å². The van der Waals surface area contributed by atoms with Crippen LogP contribution in [0.4, 0.5) is 5.69 Å². The van der Waals surface area contributed by atoms with Crippen molar-refractivity contribution in [2.24, 2.45) is 0 Å². The van der Waals surface area contributed by atoms with Crippen molar-refractivity contribution in [3.8, 4) is 0 Å². The molecule has 0 radical (unpaired) electrons. The average Bonchev–Trinajstić information content (AvgIpc) is 3.14. The van der Waals surface area contributed by atoms with Gasteiger partial charge < -0.3 is 4.74 Å². The van der Waals surface area contributed by atoms with E-state index in [1.54, 1.807) is 18.2 Å². The number of thiophene rings is 1. The molecule has 0 saturated carbocycles. The predicted octanol–water partition coefficient (Wildman–Crippen LogP) is 1.61. The van der Waals surface area contributed by atoms with Crippen LogP contribution in [0.2, 0.25) is 0 Å². The van der Waals surface area contributed by atoms with Gasteiger partial charge in [0.1, 0.15) is 20.1 Å². The van der Waals surface area contributed by atoms with E-state index < -0.39 is 16.0 Å². The minimum absolute atomic E-state index is 0.0214. The van der Waals surface area contributed by atoms with Crippen LogP contribution < -0.4 is 4.72 Å². The van der Waals surface area contributed by atoms with E-state index in [0.29, 0.717) is 16.7 Å². The highest BCUT2D eigenvalue weighted by Crippen LogP contribution is 2.25. The van der Waals surface area contributed by atoms with E-state index >= 15 is 0 Å². The minimum atomic E-state index is -3.78. The molecule has 0 amide bonds. The fourth-order valence-electron chi connectivity index (χ4n) is 1.78. The summed E-state index contributed by atoms with van der Waals surface area (Å²) in [6.07, 6.45) is 0. The number of sulfonamides is 1. The lowest BCUT2D eigenvalue weighted by molar-refractivity contribution is 0.0606. The Morgan fingerprint density at radius 1 is 1.23 bits per heavy atom. The Bertz CT molecular complexity index is 945. The van der Waals surface area contributed by atoms with Gasteiger partial charge in [0, 0.05) is 0 Å². The molecule has 0 aliphatic rings. The van der Waals surface area contributed by atoms with Gasteiger partial charge in [0.25, 0.3) is 10.0 Å². The average molecular weight is 338 g/mol.